The highest BCUT2D eigenvalue weighted by Gasteiger charge is 2.09. The van der Waals surface area contributed by atoms with Gasteiger partial charge in [0.25, 0.3) is 0 Å². The van der Waals surface area contributed by atoms with Crippen molar-refractivity contribution in [1.29, 1.82) is 0 Å². The Kier molecular flexibility index (Phi) is 7.93. The summed E-state index contributed by atoms with van der Waals surface area (Å²) in [6, 6.07) is 0. The zero-order valence-electron chi connectivity index (χ0n) is 11.9. The Morgan fingerprint density at radius 3 is 2.84 bits per heavy atom. The highest BCUT2D eigenvalue weighted by molar-refractivity contribution is 5.87. The summed E-state index contributed by atoms with van der Waals surface area (Å²) in [5, 5.41) is 2.80. The lowest BCUT2D eigenvalue weighted by Crippen LogP contribution is -2.34. The van der Waals surface area contributed by atoms with E-state index < -0.39 is 0 Å². The fraction of sp³-hybridized carbons (Fsp3) is 0.643. The first-order valence-corrected chi connectivity index (χ1v) is 6.68. The quantitative estimate of drug-likeness (QED) is 0.424. The fourth-order valence-corrected chi connectivity index (χ4v) is 1.78. The van der Waals surface area contributed by atoms with Crippen molar-refractivity contribution in [3.8, 4) is 0 Å². The SMILES string of the molecule is COCCCNC(=O)/C=C/C=C(\C)N1CCOCC1. The molecular weight excluding hydrogens is 244 g/mol. The molecule has 1 aliphatic rings. The third kappa shape index (κ3) is 6.98. The monoisotopic (exact) mass is 268 g/mol. The van der Waals surface area contributed by atoms with Gasteiger partial charge in [0, 0.05) is 45.1 Å². The molecule has 108 valence electrons. The van der Waals surface area contributed by atoms with Gasteiger partial charge in [-0.2, -0.15) is 0 Å². The second kappa shape index (κ2) is 9.58. The number of carbonyl (C=O) groups excluding carboxylic acids is 1. The van der Waals surface area contributed by atoms with E-state index in [-0.39, 0.29) is 5.91 Å². The van der Waals surface area contributed by atoms with Crippen LogP contribution >= 0.6 is 0 Å². The average Bonchev–Trinajstić information content (AvgIpc) is 2.44. The van der Waals surface area contributed by atoms with Crippen LogP contribution < -0.4 is 5.32 Å². The third-order valence-corrected chi connectivity index (χ3v) is 2.92. The number of morpholine rings is 1. The Morgan fingerprint density at radius 2 is 2.16 bits per heavy atom. The van der Waals surface area contributed by atoms with E-state index in [4.69, 9.17) is 9.47 Å². The molecule has 0 aromatic rings. The van der Waals surface area contributed by atoms with E-state index in [1.807, 2.05) is 13.0 Å². The van der Waals surface area contributed by atoms with Gasteiger partial charge in [-0.1, -0.05) is 6.08 Å². The third-order valence-electron chi connectivity index (χ3n) is 2.92. The van der Waals surface area contributed by atoms with E-state index in [1.165, 1.54) is 0 Å². The molecule has 0 spiro atoms. The van der Waals surface area contributed by atoms with Gasteiger partial charge >= 0.3 is 0 Å². The largest absolute Gasteiger partial charge is 0.385 e. The minimum atomic E-state index is -0.0675. The highest BCUT2D eigenvalue weighted by atomic mass is 16.5. The molecule has 1 rings (SSSR count). The molecule has 0 unspecified atom stereocenters. The zero-order chi connectivity index (χ0) is 13.9. The van der Waals surface area contributed by atoms with Crippen molar-refractivity contribution in [2.45, 2.75) is 13.3 Å². The predicted molar refractivity (Wildman–Crippen MR) is 74.8 cm³/mol. The summed E-state index contributed by atoms with van der Waals surface area (Å²) in [7, 11) is 1.65. The maximum absolute atomic E-state index is 11.5. The van der Waals surface area contributed by atoms with Crippen molar-refractivity contribution in [2.75, 3.05) is 46.6 Å². The maximum atomic E-state index is 11.5. The lowest BCUT2D eigenvalue weighted by Gasteiger charge is -2.29. The summed E-state index contributed by atoms with van der Waals surface area (Å²) < 4.78 is 10.2. The summed E-state index contributed by atoms with van der Waals surface area (Å²) in [4.78, 5) is 13.7. The number of allylic oxidation sites excluding steroid dienone is 3. The molecular formula is C14H24N2O3. The number of ether oxygens (including phenoxy) is 2. The van der Waals surface area contributed by atoms with Gasteiger partial charge in [-0.3, -0.25) is 4.79 Å². The van der Waals surface area contributed by atoms with Crippen LogP contribution in [-0.2, 0) is 14.3 Å². The van der Waals surface area contributed by atoms with Gasteiger partial charge in [-0.05, 0) is 19.4 Å². The van der Waals surface area contributed by atoms with Crippen molar-refractivity contribution in [1.82, 2.24) is 10.2 Å². The molecule has 1 aliphatic heterocycles. The van der Waals surface area contributed by atoms with E-state index in [9.17, 15) is 4.79 Å². The van der Waals surface area contributed by atoms with Crippen LogP contribution in [0, 0.1) is 0 Å². The Hall–Kier alpha value is -1.33. The second-order valence-electron chi connectivity index (χ2n) is 4.40. The summed E-state index contributed by atoms with van der Waals surface area (Å²) in [6.07, 6.45) is 6.13. The second-order valence-corrected chi connectivity index (χ2v) is 4.40. The minimum Gasteiger partial charge on any atom is -0.385 e. The van der Waals surface area contributed by atoms with E-state index in [1.54, 1.807) is 19.3 Å². The molecule has 5 heteroatoms. The number of hydrogen-bond acceptors (Lipinski definition) is 4. The number of carbonyl (C=O) groups is 1. The molecule has 0 aromatic carbocycles. The first kappa shape index (κ1) is 15.7. The van der Waals surface area contributed by atoms with Crippen LogP contribution in [0.25, 0.3) is 0 Å². The van der Waals surface area contributed by atoms with Crippen LogP contribution in [0.4, 0.5) is 0 Å². The summed E-state index contributed by atoms with van der Waals surface area (Å²) in [6.45, 7) is 6.73. The predicted octanol–water partition coefficient (Wildman–Crippen LogP) is 0.931. The number of methoxy groups -OCH3 is 1. The lowest BCUT2D eigenvalue weighted by atomic mass is 10.3. The number of hydrogen-bond donors (Lipinski definition) is 1. The molecule has 1 N–H and O–H groups in total. The highest BCUT2D eigenvalue weighted by Crippen LogP contribution is 2.06. The molecule has 0 radical (unpaired) electrons. The smallest absolute Gasteiger partial charge is 0.243 e. The van der Waals surface area contributed by atoms with Gasteiger partial charge < -0.3 is 19.7 Å². The Balaban J connectivity index is 2.24. The summed E-state index contributed by atoms with van der Waals surface area (Å²) in [5.41, 5.74) is 1.16. The van der Waals surface area contributed by atoms with Crippen LogP contribution in [-0.4, -0.2) is 57.4 Å². The Morgan fingerprint density at radius 1 is 1.42 bits per heavy atom. The van der Waals surface area contributed by atoms with Gasteiger partial charge in [-0.15, -0.1) is 0 Å². The van der Waals surface area contributed by atoms with Crippen molar-refractivity contribution in [2.24, 2.45) is 0 Å². The van der Waals surface area contributed by atoms with Gasteiger partial charge in [0.1, 0.15) is 0 Å². The van der Waals surface area contributed by atoms with Crippen molar-refractivity contribution in [3.63, 3.8) is 0 Å². The van der Waals surface area contributed by atoms with E-state index in [0.29, 0.717) is 13.2 Å². The standard InChI is InChI=1S/C14H24N2O3/c1-13(16-8-11-19-12-9-16)5-3-6-14(17)15-7-4-10-18-2/h3,5-6H,4,7-12H2,1-2H3,(H,15,17)/b6-3+,13-5+. The first-order valence-electron chi connectivity index (χ1n) is 6.68. The molecule has 5 nitrogen and oxygen atoms in total. The molecule has 0 bridgehead atoms. The molecule has 0 atom stereocenters. The molecule has 1 saturated heterocycles. The van der Waals surface area contributed by atoms with Crippen LogP contribution in [0.15, 0.2) is 23.9 Å². The Bertz CT molecular complexity index is 321. The average molecular weight is 268 g/mol. The number of nitrogens with zero attached hydrogens (tertiary/aromatic N) is 1. The Labute approximate surface area is 115 Å². The lowest BCUT2D eigenvalue weighted by molar-refractivity contribution is -0.116. The van der Waals surface area contributed by atoms with E-state index in [0.717, 1.165) is 38.4 Å². The number of amides is 1. The van der Waals surface area contributed by atoms with Crippen LogP contribution in [0.5, 0.6) is 0 Å². The van der Waals surface area contributed by atoms with Crippen LogP contribution in [0.3, 0.4) is 0 Å². The van der Waals surface area contributed by atoms with Crippen LogP contribution in [0.1, 0.15) is 13.3 Å². The number of nitrogens with one attached hydrogen (secondary N) is 1. The first-order chi connectivity index (χ1) is 9.24. The molecule has 0 saturated carbocycles. The van der Waals surface area contributed by atoms with Gasteiger partial charge in [-0.25, -0.2) is 0 Å². The van der Waals surface area contributed by atoms with Crippen molar-refractivity contribution in [3.05, 3.63) is 23.9 Å². The molecule has 19 heavy (non-hydrogen) atoms. The van der Waals surface area contributed by atoms with Gasteiger partial charge in [0.15, 0.2) is 0 Å². The van der Waals surface area contributed by atoms with E-state index >= 15 is 0 Å². The topological polar surface area (TPSA) is 50.8 Å². The minimum absolute atomic E-state index is 0.0675. The summed E-state index contributed by atoms with van der Waals surface area (Å²) in [5.74, 6) is -0.0675. The van der Waals surface area contributed by atoms with Crippen molar-refractivity contribution >= 4 is 5.91 Å². The molecule has 1 heterocycles. The summed E-state index contributed by atoms with van der Waals surface area (Å²) >= 11 is 0. The van der Waals surface area contributed by atoms with Crippen LogP contribution in [0.2, 0.25) is 0 Å². The van der Waals surface area contributed by atoms with Gasteiger partial charge in [0.05, 0.1) is 13.2 Å². The zero-order valence-corrected chi connectivity index (χ0v) is 11.9. The van der Waals surface area contributed by atoms with Gasteiger partial charge in [0.2, 0.25) is 5.91 Å². The van der Waals surface area contributed by atoms with Crippen molar-refractivity contribution < 1.29 is 14.3 Å². The molecule has 0 aromatic heterocycles. The molecule has 0 aliphatic carbocycles. The fourth-order valence-electron chi connectivity index (χ4n) is 1.78. The normalized spacial score (nSPS) is 16.9. The molecule has 1 amide bonds. The maximum Gasteiger partial charge on any atom is 0.243 e. The molecule has 1 fully saturated rings. The number of rotatable bonds is 7. The van der Waals surface area contributed by atoms with E-state index in [2.05, 4.69) is 10.2 Å².